The van der Waals surface area contributed by atoms with Gasteiger partial charge in [-0.05, 0) is 37.5 Å². The lowest BCUT2D eigenvalue weighted by Crippen LogP contribution is -2.39. The van der Waals surface area contributed by atoms with Gasteiger partial charge in [0.1, 0.15) is 0 Å². The van der Waals surface area contributed by atoms with Crippen molar-refractivity contribution in [2.75, 3.05) is 24.5 Å². The summed E-state index contributed by atoms with van der Waals surface area (Å²) < 4.78 is 1.98. The highest BCUT2D eigenvalue weighted by Gasteiger charge is 2.35. The van der Waals surface area contributed by atoms with E-state index in [1.807, 2.05) is 60.6 Å². The van der Waals surface area contributed by atoms with Crippen LogP contribution in [0.2, 0.25) is 0 Å². The highest BCUT2D eigenvalue weighted by Crippen LogP contribution is 2.23. The summed E-state index contributed by atoms with van der Waals surface area (Å²) in [6.07, 6.45) is 0.0217. The molecule has 0 fully saturated rings. The Balaban J connectivity index is 1.56. The summed E-state index contributed by atoms with van der Waals surface area (Å²) in [5.41, 5.74) is 2.84. The smallest absolute Gasteiger partial charge is 0.277 e. The third-order valence-corrected chi connectivity index (χ3v) is 6.62. The number of amides is 2. The van der Waals surface area contributed by atoms with Gasteiger partial charge in [-0.15, -0.1) is 0 Å². The molecule has 192 valence electrons. The Kier molecular flexibility index (Phi) is 7.66. The number of carbonyl (C=O) groups is 3. The van der Waals surface area contributed by atoms with Crippen LogP contribution in [0.15, 0.2) is 59.4 Å². The van der Waals surface area contributed by atoms with E-state index >= 15 is 0 Å². The van der Waals surface area contributed by atoms with E-state index < -0.39 is 0 Å². The van der Waals surface area contributed by atoms with Gasteiger partial charge in [-0.2, -0.15) is 4.98 Å². The Labute approximate surface area is 216 Å². The molecule has 0 spiro atoms. The number of hydrogen-bond acceptors (Lipinski definition) is 6. The van der Waals surface area contributed by atoms with Gasteiger partial charge in [0.2, 0.25) is 5.95 Å². The maximum atomic E-state index is 13.2. The first-order valence-electron chi connectivity index (χ1n) is 12.5. The zero-order chi connectivity index (χ0) is 26.7. The van der Waals surface area contributed by atoms with E-state index in [1.165, 1.54) is 0 Å². The van der Waals surface area contributed by atoms with Crippen LogP contribution >= 0.6 is 0 Å². The van der Waals surface area contributed by atoms with Crippen molar-refractivity contribution in [2.24, 2.45) is 5.92 Å². The van der Waals surface area contributed by atoms with Crippen LogP contribution in [0.4, 0.5) is 5.95 Å². The molecule has 37 heavy (non-hydrogen) atoms. The summed E-state index contributed by atoms with van der Waals surface area (Å²) in [5.74, 6) is -0.247. The molecule has 1 aliphatic heterocycles. The van der Waals surface area contributed by atoms with Crippen LogP contribution in [0.1, 0.15) is 57.8 Å². The highest BCUT2D eigenvalue weighted by molar-refractivity contribution is 6.21. The minimum absolute atomic E-state index is 0.0118. The predicted octanol–water partition coefficient (Wildman–Crippen LogP) is 3.63. The van der Waals surface area contributed by atoms with Crippen molar-refractivity contribution < 1.29 is 14.4 Å². The molecular weight excluding hydrogens is 468 g/mol. The Morgan fingerprint density at radius 2 is 1.51 bits per heavy atom. The van der Waals surface area contributed by atoms with E-state index in [2.05, 4.69) is 4.98 Å². The number of imide groups is 1. The number of ketones is 1. The second-order valence-electron chi connectivity index (χ2n) is 9.87. The lowest BCUT2D eigenvalue weighted by molar-refractivity contribution is -0.117. The first kappa shape index (κ1) is 26.0. The summed E-state index contributed by atoms with van der Waals surface area (Å²) in [7, 11) is 0. The first-order valence-corrected chi connectivity index (χ1v) is 12.5. The third-order valence-electron chi connectivity index (χ3n) is 6.62. The van der Waals surface area contributed by atoms with E-state index in [4.69, 9.17) is 0 Å². The number of benzene rings is 2. The fourth-order valence-corrected chi connectivity index (χ4v) is 4.57. The summed E-state index contributed by atoms with van der Waals surface area (Å²) in [5, 5.41) is 0. The second kappa shape index (κ2) is 10.9. The van der Waals surface area contributed by atoms with Crippen LogP contribution < -0.4 is 10.5 Å². The van der Waals surface area contributed by atoms with Crippen molar-refractivity contribution in [1.82, 2.24) is 14.5 Å². The van der Waals surface area contributed by atoms with Crippen molar-refractivity contribution in [3.8, 4) is 0 Å². The second-order valence-corrected chi connectivity index (χ2v) is 9.87. The van der Waals surface area contributed by atoms with Gasteiger partial charge >= 0.3 is 0 Å². The van der Waals surface area contributed by atoms with E-state index in [0.717, 1.165) is 16.2 Å². The van der Waals surface area contributed by atoms with Crippen LogP contribution in [0.3, 0.4) is 0 Å². The molecule has 0 unspecified atom stereocenters. The Bertz CT molecular complexity index is 1360. The van der Waals surface area contributed by atoms with Crippen LogP contribution in [-0.2, 0) is 11.3 Å². The zero-order valence-corrected chi connectivity index (χ0v) is 21.7. The monoisotopic (exact) mass is 500 g/mol. The molecule has 8 nitrogen and oxygen atoms in total. The molecule has 0 saturated carbocycles. The molecule has 0 N–H and O–H groups in total. The average molecular weight is 501 g/mol. The molecular formula is C29H32N4O4. The fourth-order valence-electron chi connectivity index (χ4n) is 4.57. The van der Waals surface area contributed by atoms with Gasteiger partial charge in [0.25, 0.3) is 17.4 Å². The topological polar surface area (TPSA) is 92.6 Å². The molecule has 2 heterocycles. The molecule has 0 atom stereocenters. The molecule has 2 aromatic carbocycles. The van der Waals surface area contributed by atoms with Crippen molar-refractivity contribution in [1.29, 1.82) is 0 Å². The van der Waals surface area contributed by atoms with Crippen LogP contribution in [0, 0.1) is 19.8 Å². The van der Waals surface area contributed by atoms with Crippen molar-refractivity contribution >= 4 is 23.5 Å². The van der Waals surface area contributed by atoms with E-state index in [9.17, 15) is 19.2 Å². The highest BCUT2D eigenvalue weighted by atomic mass is 16.2. The molecule has 0 aliphatic carbocycles. The lowest BCUT2D eigenvalue weighted by Gasteiger charge is -2.29. The molecule has 3 aromatic rings. The molecule has 0 bridgehead atoms. The summed E-state index contributed by atoms with van der Waals surface area (Å²) in [6, 6.07) is 16.6. The van der Waals surface area contributed by atoms with E-state index in [1.54, 1.807) is 31.2 Å². The third kappa shape index (κ3) is 5.53. The molecule has 1 aliphatic rings. The first-order chi connectivity index (χ1) is 17.7. The lowest BCUT2D eigenvalue weighted by atomic mass is 10.1. The number of Topliss-reactive ketones (excluding diaryl/α,β-unsaturated/α-hetero) is 1. The predicted molar refractivity (Wildman–Crippen MR) is 142 cm³/mol. The standard InChI is InChI=1S/C29H32N4O4/c1-19(2)16-31(18-23(34)14-15-32-27(36)24-12-8-9-13-25(24)28(32)37)29-30-26(35)20(3)21(4)33(29)17-22-10-6-5-7-11-22/h5-13,19H,14-18H2,1-4H3. The largest absolute Gasteiger partial charge is 0.335 e. The zero-order valence-electron chi connectivity index (χ0n) is 21.7. The molecule has 0 saturated heterocycles. The number of aromatic nitrogens is 2. The van der Waals surface area contributed by atoms with Gasteiger partial charge in [-0.1, -0.05) is 56.3 Å². The molecule has 4 rings (SSSR count). The van der Waals surface area contributed by atoms with Crippen molar-refractivity contribution in [3.05, 3.63) is 92.9 Å². The molecule has 1 aromatic heterocycles. The number of anilines is 1. The maximum Gasteiger partial charge on any atom is 0.277 e. The van der Waals surface area contributed by atoms with Gasteiger partial charge in [0, 0.05) is 30.8 Å². The minimum Gasteiger partial charge on any atom is -0.335 e. The van der Waals surface area contributed by atoms with Crippen LogP contribution in [0.5, 0.6) is 0 Å². The number of rotatable bonds is 10. The Morgan fingerprint density at radius 3 is 2.11 bits per heavy atom. The van der Waals surface area contributed by atoms with Crippen LogP contribution in [0.25, 0.3) is 0 Å². The van der Waals surface area contributed by atoms with Crippen LogP contribution in [-0.4, -0.2) is 51.7 Å². The molecule has 8 heteroatoms. The Morgan fingerprint density at radius 1 is 0.919 bits per heavy atom. The quantitative estimate of drug-likeness (QED) is 0.395. The maximum absolute atomic E-state index is 13.2. The number of carbonyl (C=O) groups excluding carboxylic acids is 3. The van der Waals surface area contributed by atoms with E-state index in [0.29, 0.717) is 35.7 Å². The molecule has 2 amide bonds. The molecule has 0 radical (unpaired) electrons. The summed E-state index contributed by atoms with van der Waals surface area (Å²) in [4.78, 5) is 58.6. The van der Waals surface area contributed by atoms with E-state index in [-0.39, 0.29) is 48.6 Å². The SMILES string of the molecule is Cc1c(C)n(Cc2ccccc2)c(N(CC(=O)CCN2C(=O)c3ccccc3C2=O)CC(C)C)nc1=O. The van der Waals surface area contributed by atoms with Gasteiger partial charge in [0.15, 0.2) is 5.78 Å². The minimum atomic E-state index is -0.375. The van der Waals surface area contributed by atoms with Gasteiger partial charge in [-0.3, -0.25) is 24.1 Å². The number of nitrogens with zero attached hydrogens (tertiary/aromatic N) is 4. The van der Waals surface area contributed by atoms with Gasteiger partial charge < -0.3 is 9.47 Å². The average Bonchev–Trinajstić information content (AvgIpc) is 3.12. The summed E-state index contributed by atoms with van der Waals surface area (Å²) in [6.45, 7) is 8.78. The van der Waals surface area contributed by atoms with Gasteiger partial charge in [-0.25, -0.2) is 0 Å². The normalized spacial score (nSPS) is 12.8. The van der Waals surface area contributed by atoms with Gasteiger partial charge in [0.05, 0.1) is 24.2 Å². The Hall–Kier alpha value is -4.07. The summed E-state index contributed by atoms with van der Waals surface area (Å²) >= 11 is 0. The number of fused-ring (bicyclic) bond motifs is 1. The van der Waals surface area contributed by atoms with Crippen molar-refractivity contribution in [3.63, 3.8) is 0 Å². The fraction of sp³-hybridized carbons (Fsp3) is 0.345. The van der Waals surface area contributed by atoms with Crippen molar-refractivity contribution in [2.45, 2.75) is 40.7 Å². The number of hydrogen-bond donors (Lipinski definition) is 0.